The fourth-order valence-electron chi connectivity index (χ4n) is 1.41. The van der Waals surface area contributed by atoms with Crippen LogP contribution in [-0.2, 0) is 5.75 Å². The lowest BCUT2D eigenvalue weighted by Crippen LogP contribution is -1.89. The molecule has 0 aliphatic carbocycles. The SMILES string of the molecule is Nc1cccc(Cl)c1SCc1ccc(Cl)cc1. The third-order valence-corrected chi connectivity index (χ3v) is 4.19. The molecule has 0 aromatic heterocycles. The molecule has 0 spiro atoms. The van der Waals surface area contributed by atoms with Crippen LogP contribution in [0.2, 0.25) is 10.0 Å². The van der Waals surface area contributed by atoms with Crippen LogP contribution in [0, 0.1) is 0 Å². The Balaban J connectivity index is 2.10. The molecule has 0 atom stereocenters. The Hall–Kier alpha value is -0.830. The van der Waals surface area contributed by atoms with Crippen molar-refractivity contribution in [2.45, 2.75) is 10.6 Å². The van der Waals surface area contributed by atoms with E-state index in [1.165, 1.54) is 5.56 Å². The van der Waals surface area contributed by atoms with Gasteiger partial charge in [-0.1, -0.05) is 41.4 Å². The van der Waals surface area contributed by atoms with E-state index in [1.807, 2.05) is 42.5 Å². The maximum Gasteiger partial charge on any atom is 0.0562 e. The Morgan fingerprint density at radius 3 is 2.35 bits per heavy atom. The second-order valence-electron chi connectivity index (χ2n) is 3.57. The largest absolute Gasteiger partial charge is 0.398 e. The number of halogens is 2. The molecule has 0 heterocycles. The van der Waals surface area contributed by atoms with Gasteiger partial charge in [0.25, 0.3) is 0 Å². The van der Waals surface area contributed by atoms with Crippen LogP contribution in [-0.4, -0.2) is 0 Å². The molecule has 4 heteroatoms. The van der Waals surface area contributed by atoms with Gasteiger partial charge in [-0.2, -0.15) is 0 Å². The molecule has 0 radical (unpaired) electrons. The molecule has 0 fully saturated rings. The number of thioether (sulfide) groups is 1. The van der Waals surface area contributed by atoms with E-state index in [1.54, 1.807) is 11.8 Å². The van der Waals surface area contributed by atoms with Crippen molar-refractivity contribution in [3.8, 4) is 0 Å². The first-order chi connectivity index (χ1) is 8.16. The quantitative estimate of drug-likeness (QED) is 0.643. The van der Waals surface area contributed by atoms with Crippen LogP contribution in [0.1, 0.15) is 5.56 Å². The molecule has 1 nitrogen and oxygen atoms in total. The summed E-state index contributed by atoms with van der Waals surface area (Å²) in [5.74, 6) is 0.825. The zero-order chi connectivity index (χ0) is 12.3. The van der Waals surface area contributed by atoms with Gasteiger partial charge in [0.05, 0.1) is 5.02 Å². The molecular weight excluding hydrogens is 273 g/mol. The minimum absolute atomic E-state index is 0.698. The van der Waals surface area contributed by atoms with Gasteiger partial charge in [0.1, 0.15) is 0 Å². The Morgan fingerprint density at radius 1 is 1.00 bits per heavy atom. The van der Waals surface area contributed by atoms with Crippen LogP contribution >= 0.6 is 35.0 Å². The number of hydrogen-bond acceptors (Lipinski definition) is 2. The fraction of sp³-hybridized carbons (Fsp3) is 0.0769. The first kappa shape index (κ1) is 12.6. The van der Waals surface area contributed by atoms with Crippen LogP contribution < -0.4 is 5.73 Å². The standard InChI is InChI=1S/C13H11Cl2NS/c14-10-6-4-9(5-7-10)8-17-13-11(15)2-1-3-12(13)16/h1-7H,8,16H2. The van der Waals surface area contributed by atoms with Gasteiger partial charge in [-0.05, 0) is 29.8 Å². The lowest BCUT2D eigenvalue weighted by atomic mass is 10.2. The minimum Gasteiger partial charge on any atom is -0.398 e. The zero-order valence-corrected chi connectivity index (χ0v) is 11.3. The van der Waals surface area contributed by atoms with E-state index < -0.39 is 0 Å². The van der Waals surface area contributed by atoms with Crippen LogP contribution in [0.5, 0.6) is 0 Å². The maximum atomic E-state index is 6.10. The summed E-state index contributed by atoms with van der Waals surface area (Å²) < 4.78 is 0. The second-order valence-corrected chi connectivity index (χ2v) is 5.40. The smallest absolute Gasteiger partial charge is 0.0562 e. The van der Waals surface area contributed by atoms with Crippen molar-refractivity contribution in [2.75, 3.05) is 5.73 Å². The molecule has 88 valence electrons. The molecule has 0 aliphatic heterocycles. The van der Waals surface area contributed by atoms with Gasteiger partial charge in [-0.25, -0.2) is 0 Å². The molecular formula is C13H11Cl2NS. The summed E-state index contributed by atoms with van der Waals surface area (Å²) in [5, 5.41) is 1.44. The molecule has 0 bridgehead atoms. The van der Waals surface area contributed by atoms with Gasteiger partial charge in [-0.3, -0.25) is 0 Å². The van der Waals surface area contributed by atoms with Crippen molar-refractivity contribution in [1.82, 2.24) is 0 Å². The highest BCUT2D eigenvalue weighted by Crippen LogP contribution is 2.34. The predicted octanol–water partition coefficient (Wildman–Crippen LogP) is 4.87. The monoisotopic (exact) mass is 283 g/mol. The summed E-state index contributed by atoms with van der Waals surface area (Å²) in [6.45, 7) is 0. The summed E-state index contributed by atoms with van der Waals surface area (Å²) in [7, 11) is 0. The van der Waals surface area contributed by atoms with Crippen molar-refractivity contribution < 1.29 is 0 Å². The molecule has 0 amide bonds. The topological polar surface area (TPSA) is 26.0 Å². The highest BCUT2D eigenvalue weighted by Gasteiger charge is 2.05. The second kappa shape index (κ2) is 5.67. The van der Waals surface area contributed by atoms with E-state index in [0.717, 1.165) is 21.4 Å². The normalized spacial score (nSPS) is 10.5. The van der Waals surface area contributed by atoms with Gasteiger partial charge >= 0.3 is 0 Å². The summed E-state index contributed by atoms with van der Waals surface area (Å²) >= 11 is 13.6. The average molecular weight is 284 g/mol. The number of benzene rings is 2. The first-order valence-electron chi connectivity index (χ1n) is 5.08. The Morgan fingerprint density at radius 2 is 1.71 bits per heavy atom. The van der Waals surface area contributed by atoms with E-state index >= 15 is 0 Å². The third-order valence-electron chi connectivity index (χ3n) is 2.29. The van der Waals surface area contributed by atoms with Crippen LogP contribution in [0.25, 0.3) is 0 Å². The number of nitrogen functional groups attached to an aromatic ring is 1. The summed E-state index contributed by atoms with van der Waals surface area (Å²) in [4.78, 5) is 0.934. The highest BCUT2D eigenvalue weighted by molar-refractivity contribution is 7.98. The predicted molar refractivity (Wildman–Crippen MR) is 76.9 cm³/mol. The lowest BCUT2D eigenvalue weighted by molar-refractivity contribution is 1.38. The van der Waals surface area contributed by atoms with Crippen LogP contribution in [0.4, 0.5) is 5.69 Å². The minimum atomic E-state index is 0.698. The van der Waals surface area contributed by atoms with Crippen LogP contribution in [0.15, 0.2) is 47.4 Å². The van der Waals surface area contributed by atoms with E-state index in [-0.39, 0.29) is 0 Å². The summed E-state index contributed by atoms with van der Waals surface area (Å²) in [6.07, 6.45) is 0. The molecule has 2 aromatic carbocycles. The van der Waals surface area contributed by atoms with Crippen molar-refractivity contribution in [3.63, 3.8) is 0 Å². The molecule has 0 unspecified atom stereocenters. The maximum absolute atomic E-state index is 6.10. The third kappa shape index (κ3) is 3.32. The summed E-state index contributed by atoms with van der Waals surface area (Å²) in [5.41, 5.74) is 7.80. The Labute approximate surface area is 115 Å². The van der Waals surface area contributed by atoms with E-state index in [4.69, 9.17) is 28.9 Å². The van der Waals surface area contributed by atoms with Gasteiger partial charge in [0, 0.05) is 21.4 Å². The molecule has 17 heavy (non-hydrogen) atoms. The highest BCUT2D eigenvalue weighted by atomic mass is 35.5. The molecule has 0 saturated carbocycles. The van der Waals surface area contributed by atoms with Gasteiger partial charge in [0.15, 0.2) is 0 Å². The van der Waals surface area contributed by atoms with Gasteiger partial charge in [0.2, 0.25) is 0 Å². The molecule has 0 saturated heterocycles. The molecule has 2 rings (SSSR count). The van der Waals surface area contributed by atoms with Crippen molar-refractivity contribution in [3.05, 3.63) is 58.1 Å². The lowest BCUT2D eigenvalue weighted by Gasteiger charge is -2.07. The zero-order valence-electron chi connectivity index (χ0n) is 8.99. The number of anilines is 1. The Kier molecular flexibility index (Phi) is 4.21. The first-order valence-corrected chi connectivity index (χ1v) is 6.82. The van der Waals surface area contributed by atoms with E-state index in [2.05, 4.69) is 0 Å². The van der Waals surface area contributed by atoms with Crippen molar-refractivity contribution in [1.29, 1.82) is 0 Å². The van der Waals surface area contributed by atoms with Crippen LogP contribution in [0.3, 0.4) is 0 Å². The summed E-state index contributed by atoms with van der Waals surface area (Å²) in [6, 6.07) is 13.3. The Bertz CT molecular complexity index is 491. The number of hydrogen-bond donors (Lipinski definition) is 1. The average Bonchev–Trinajstić information content (AvgIpc) is 2.31. The molecule has 0 aliphatic rings. The van der Waals surface area contributed by atoms with Gasteiger partial charge in [-0.15, -0.1) is 11.8 Å². The van der Waals surface area contributed by atoms with E-state index in [0.29, 0.717) is 5.02 Å². The van der Waals surface area contributed by atoms with Crippen molar-refractivity contribution in [2.24, 2.45) is 0 Å². The number of rotatable bonds is 3. The number of nitrogens with two attached hydrogens (primary N) is 1. The molecule has 2 aromatic rings. The molecule has 2 N–H and O–H groups in total. The van der Waals surface area contributed by atoms with Gasteiger partial charge < -0.3 is 5.73 Å². The van der Waals surface area contributed by atoms with E-state index in [9.17, 15) is 0 Å². The van der Waals surface area contributed by atoms with Crippen molar-refractivity contribution >= 4 is 40.7 Å². The fourth-order valence-corrected chi connectivity index (χ4v) is 2.83.